The largest absolute Gasteiger partial charge is 0.453 e. The van der Waals surface area contributed by atoms with Gasteiger partial charge in [-0.05, 0) is 64.8 Å². The number of hydrogen-bond acceptors (Lipinski definition) is 3. The van der Waals surface area contributed by atoms with Gasteiger partial charge in [-0.1, -0.05) is 0 Å². The summed E-state index contributed by atoms with van der Waals surface area (Å²) in [6.45, 7) is 7.75. The fraction of sp³-hybridized carbons (Fsp3) is 0.929. The van der Waals surface area contributed by atoms with Crippen LogP contribution in [0.3, 0.4) is 0 Å². The maximum atomic E-state index is 11.8. The maximum Gasteiger partial charge on any atom is 0.409 e. The molecule has 106 valence electrons. The molecule has 0 aliphatic heterocycles. The lowest BCUT2D eigenvalue weighted by Crippen LogP contribution is -2.48. The minimum atomic E-state index is -0.219. The van der Waals surface area contributed by atoms with Crippen LogP contribution in [0.2, 0.25) is 0 Å². The predicted octanol–water partition coefficient (Wildman–Crippen LogP) is 2.62. The first kappa shape index (κ1) is 15.3. The molecule has 0 bridgehead atoms. The number of nitrogens with two attached hydrogens (primary N) is 1. The molecule has 2 N–H and O–H groups in total. The molecule has 0 aromatic heterocycles. The number of hydrogen-bond donors (Lipinski definition) is 1. The molecule has 0 unspecified atom stereocenters. The second kappa shape index (κ2) is 6.41. The molecule has 0 radical (unpaired) electrons. The highest BCUT2D eigenvalue weighted by atomic mass is 16.5. The minimum Gasteiger partial charge on any atom is -0.453 e. The Morgan fingerprint density at radius 2 is 1.72 bits per heavy atom. The van der Waals surface area contributed by atoms with Crippen LogP contribution in [0.25, 0.3) is 0 Å². The Morgan fingerprint density at radius 1 is 1.22 bits per heavy atom. The van der Waals surface area contributed by atoms with Gasteiger partial charge in [0.15, 0.2) is 0 Å². The molecule has 0 heterocycles. The zero-order valence-corrected chi connectivity index (χ0v) is 12.2. The van der Waals surface area contributed by atoms with Crippen LogP contribution in [-0.2, 0) is 4.74 Å². The topological polar surface area (TPSA) is 55.6 Å². The second-order valence-corrected chi connectivity index (χ2v) is 6.37. The molecule has 1 fully saturated rings. The van der Waals surface area contributed by atoms with Crippen LogP contribution in [0.1, 0.15) is 46.5 Å². The Kier molecular flexibility index (Phi) is 5.45. The smallest absolute Gasteiger partial charge is 0.409 e. The lowest BCUT2D eigenvalue weighted by molar-refractivity contribution is 0.0666. The van der Waals surface area contributed by atoms with E-state index in [0.29, 0.717) is 11.8 Å². The summed E-state index contributed by atoms with van der Waals surface area (Å²) in [6.07, 6.45) is 4.51. The predicted molar refractivity (Wildman–Crippen MR) is 73.4 cm³/mol. The fourth-order valence-corrected chi connectivity index (χ4v) is 2.64. The Morgan fingerprint density at radius 3 is 2.11 bits per heavy atom. The molecule has 1 rings (SSSR count). The standard InChI is InChI=1S/C14H28N2O2/c1-14(2,3)16(13(17)18-4)10-12-7-5-11(9-15)6-8-12/h11-12H,5-10,15H2,1-4H3. The van der Waals surface area contributed by atoms with Gasteiger partial charge in [-0.15, -0.1) is 0 Å². The van der Waals surface area contributed by atoms with E-state index in [-0.39, 0.29) is 11.6 Å². The number of carbonyl (C=O) groups excluding carboxylic acids is 1. The van der Waals surface area contributed by atoms with Gasteiger partial charge in [-0.25, -0.2) is 4.79 Å². The van der Waals surface area contributed by atoms with E-state index in [1.54, 1.807) is 0 Å². The summed E-state index contributed by atoms with van der Waals surface area (Å²) < 4.78 is 4.89. The molecule has 0 atom stereocenters. The average Bonchev–Trinajstić information content (AvgIpc) is 2.34. The highest BCUT2D eigenvalue weighted by Gasteiger charge is 2.31. The summed E-state index contributed by atoms with van der Waals surface area (Å²) >= 11 is 0. The van der Waals surface area contributed by atoms with Crippen LogP contribution >= 0.6 is 0 Å². The quantitative estimate of drug-likeness (QED) is 0.844. The van der Waals surface area contributed by atoms with Crippen molar-refractivity contribution in [3.05, 3.63) is 0 Å². The van der Waals surface area contributed by atoms with Crippen molar-refractivity contribution >= 4 is 6.09 Å². The minimum absolute atomic E-state index is 0.183. The Balaban J connectivity index is 2.55. The molecule has 1 aliphatic rings. The zero-order valence-electron chi connectivity index (χ0n) is 12.2. The van der Waals surface area contributed by atoms with Crippen molar-refractivity contribution in [2.75, 3.05) is 20.2 Å². The van der Waals surface area contributed by atoms with Gasteiger partial charge in [0.05, 0.1) is 7.11 Å². The molecule has 18 heavy (non-hydrogen) atoms. The van der Waals surface area contributed by atoms with E-state index in [9.17, 15) is 4.79 Å². The summed E-state index contributed by atoms with van der Waals surface area (Å²) in [4.78, 5) is 13.7. The number of methoxy groups -OCH3 is 1. The zero-order chi connectivity index (χ0) is 13.8. The van der Waals surface area contributed by atoms with Crippen LogP contribution in [0.5, 0.6) is 0 Å². The van der Waals surface area contributed by atoms with E-state index < -0.39 is 0 Å². The number of amides is 1. The molecule has 1 aliphatic carbocycles. The maximum absolute atomic E-state index is 11.8. The van der Waals surface area contributed by atoms with E-state index in [1.165, 1.54) is 32.8 Å². The van der Waals surface area contributed by atoms with Crippen molar-refractivity contribution < 1.29 is 9.53 Å². The van der Waals surface area contributed by atoms with E-state index in [1.807, 2.05) is 4.90 Å². The lowest BCUT2D eigenvalue weighted by Gasteiger charge is -2.38. The third-order valence-electron chi connectivity index (χ3n) is 3.95. The van der Waals surface area contributed by atoms with E-state index in [0.717, 1.165) is 13.1 Å². The molecular weight excluding hydrogens is 228 g/mol. The summed E-state index contributed by atoms with van der Waals surface area (Å²) in [5.74, 6) is 1.27. The van der Waals surface area contributed by atoms with Crippen molar-refractivity contribution in [3.8, 4) is 0 Å². The van der Waals surface area contributed by atoms with Gasteiger partial charge in [0, 0.05) is 12.1 Å². The molecule has 4 nitrogen and oxygen atoms in total. The van der Waals surface area contributed by atoms with Crippen LogP contribution in [0.15, 0.2) is 0 Å². The third kappa shape index (κ3) is 4.16. The van der Waals surface area contributed by atoms with Gasteiger partial charge in [-0.2, -0.15) is 0 Å². The number of carbonyl (C=O) groups is 1. The number of nitrogens with zero attached hydrogens (tertiary/aromatic N) is 1. The Hall–Kier alpha value is -0.770. The third-order valence-corrected chi connectivity index (χ3v) is 3.95. The van der Waals surface area contributed by atoms with Crippen molar-refractivity contribution in [3.63, 3.8) is 0 Å². The average molecular weight is 256 g/mol. The van der Waals surface area contributed by atoms with Crippen LogP contribution in [0.4, 0.5) is 4.79 Å². The normalized spacial score (nSPS) is 24.7. The molecule has 0 saturated heterocycles. The number of ether oxygens (including phenoxy) is 1. The van der Waals surface area contributed by atoms with E-state index in [2.05, 4.69) is 20.8 Å². The number of rotatable bonds is 3. The van der Waals surface area contributed by atoms with Gasteiger partial charge < -0.3 is 15.4 Å². The van der Waals surface area contributed by atoms with Gasteiger partial charge >= 0.3 is 6.09 Å². The second-order valence-electron chi connectivity index (χ2n) is 6.37. The van der Waals surface area contributed by atoms with E-state index >= 15 is 0 Å². The SMILES string of the molecule is COC(=O)N(CC1CCC(CN)CC1)C(C)(C)C. The van der Waals surface area contributed by atoms with Crippen molar-refractivity contribution in [1.82, 2.24) is 4.90 Å². The molecular formula is C14H28N2O2. The molecule has 0 aromatic rings. The molecule has 4 heteroatoms. The van der Waals surface area contributed by atoms with Crippen LogP contribution in [0, 0.1) is 11.8 Å². The fourth-order valence-electron chi connectivity index (χ4n) is 2.64. The first-order valence-electron chi connectivity index (χ1n) is 6.94. The summed E-state index contributed by atoms with van der Waals surface area (Å²) in [5.41, 5.74) is 5.52. The van der Waals surface area contributed by atoms with Crippen molar-refractivity contribution in [1.29, 1.82) is 0 Å². The summed E-state index contributed by atoms with van der Waals surface area (Å²) in [5, 5.41) is 0. The molecule has 0 aromatic carbocycles. The van der Waals surface area contributed by atoms with Gasteiger partial charge in [0.25, 0.3) is 0 Å². The lowest BCUT2D eigenvalue weighted by atomic mass is 9.81. The monoisotopic (exact) mass is 256 g/mol. The van der Waals surface area contributed by atoms with Crippen molar-refractivity contribution in [2.24, 2.45) is 17.6 Å². The van der Waals surface area contributed by atoms with Gasteiger partial charge in [-0.3, -0.25) is 0 Å². The molecule has 1 amide bonds. The first-order valence-corrected chi connectivity index (χ1v) is 6.94. The van der Waals surface area contributed by atoms with Gasteiger partial charge in [0.1, 0.15) is 0 Å². The molecule has 0 spiro atoms. The Bertz CT molecular complexity index is 265. The van der Waals surface area contributed by atoms with Crippen LogP contribution < -0.4 is 5.73 Å². The summed E-state index contributed by atoms with van der Waals surface area (Å²) in [7, 11) is 1.45. The van der Waals surface area contributed by atoms with Gasteiger partial charge in [0.2, 0.25) is 0 Å². The Labute approximate surface area is 111 Å². The first-order chi connectivity index (χ1) is 8.38. The highest BCUT2D eigenvalue weighted by Crippen LogP contribution is 2.30. The summed E-state index contributed by atoms with van der Waals surface area (Å²) in [6, 6.07) is 0. The van der Waals surface area contributed by atoms with E-state index in [4.69, 9.17) is 10.5 Å². The molecule has 1 saturated carbocycles. The van der Waals surface area contributed by atoms with Crippen molar-refractivity contribution in [2.45, 2.75) is 52.0 Å². The van der Waals surface area contributed by atoms with Crippen LogP contribution in [-0.4, -0.2) is 36.7 Å². The highest BCUT2D eigenvalue weighted by molar-refractivity contribution is 5.68.